The Labute approximate surface area is 132 Å². The average molecular weight is 315 g/mol. The molecule has 0 saturated carbocycles. The summed E-state index contributed by atoms with van der Waals surface area (Å²) in [5, 5.41) is 2.76. The van der Waals surface area contributed by atoms with Gasteiger partial charge in [0.15, 0.2) is 0 Å². The fourth-order valence-electron chi connectivity index (χ4n) is 2.19. The smallest absolute Gasteiger partial charge is 0.407 e. The zero-order chi connectivity index (χ0) is 16.6. The molecule has 0 unspecified atom stereocenters. The van der Waals surface area contributed by atoms with Crippen molar-refractivity contribution in [2.45, 2.75) is 33.3 Å². The molecular weight excluding hydrogens is 286 g/mol. The fraction of sp³-hybridized carbons (Fsp3) is 0.867. The highest BCUT2D eigenvalue weighted by atomic mass is 16.6. The fourth-order valence-corrected chi connectivity index (χ4v) is 2.19. The van der Waals surface area contributed by atoms with E-state index in [0.717, 1.165) is 32.7 Å². The van der Waals surface area contributed by atoms with Gasteiger partial charge in [-0.25, -0.2) is 4.79 Å². The van der Waals surface area contributed by atoms with E-state index in [1.54, 1.807) is 0 Å². The van der Waals surface area contributed by atoms with Gasteiger partial charge in [0, 0.05) is 39.3 Å². The molecule has 1 heterocycles. The summed E-state index contributed by atoms with van der Waals surface area (Å²) < 4.78 is 10.1. The minimum atomic E-state index is -0.469. The van der Waals surface area contributed by atoms with Crippen molar-refractivity contribution in [2.75, 3.05) is 52.4 Å². The van der Waals surface area contributed by atoms with Crippen LogP contribution in [0.15, 0.2) is 0 Å². The molecule has 1 fully saturated rings. The Balaban J connectivity index is 2.13. The van der Waals surface area contributed by atoms with E-state index in [0.29, 0.717) is 19.7 Å². The first-order chi connectivity index (χ1) is 10.3. The molecular formula is C15H29N3O4. The van der Waals surface area contributed by atoms with E-state index in [4.69, 9.17) is 9.47 Å². The standard InChI is InChI=1S/C15H29N3O4/c1-5-21-13(19)12-18-10-8-17(9-11-18)7-6-16-14(20)22-15(2,3)4/h5-12H2,1-4H3,(H,16,20). The van der Waals surface area contributed by atoms with Crippen molar-refractivity contribution in [3.05, 3.63) is 0 Å². The molecule has 1 aliphatic rings. The van der Waals surface area contributed by atoms with E-state index in [9.17, 15) is 9.59 Å². The number of amides is 1. The first-order valence-electron chi connectivity index (χ1n) is 7.87. The molecule has 1 rings (SSSR count). The Bertz CT molecular complexity index is 360. The molecule has 0 aromatic carbocycles. The van der Waals surface area contributed by atoms with Gasteiger partial charge in [-0.05, 0) is 27.7 Å². The van der Waals surface area contributed by atoms with Gasteiger partial charge in [-0.3, -0.25) is 14.6 Å². The van der Waals surface area contributed by atoms with Gasteiger partial charge in [-0.15, -0.1) is 0 Å². The van der Waals surface area contributed by atoms with Gasteiger partial charge in [0.25, 0.3) is 0 Å². The zero-order valence-electron chi connectivity index (χ0n) is 14.2. The Hall–Kier alpha value is -1.34. The van der Waals surface area contributed by atoms with Crippen molar-refractivity contribution in [2.24, 2.45) is 0 Å². The van der Waals surface area contributed by atoms with Crippen LogP contribution in [0.4, 0.5) is 4.79 Å². The molecule has 22 heavy (non-hydrogen) atoms. The number of hydrogen-bond acceptors (Lipinski definition) is 6. The number of esters is 1. The van der Waals surface area contributed by atoms with Gasteiger partial charge in [0.2, 0.25) is 0 Å². The van der Waals surface area contributed by atoms with Gasteiger partial charge >= 0.3 is 12.1 Å². The molecule has 1 amide bonds. The van der Waals surface area contributed by atoms with Gasteiger partial charge in [0.05, 0.1) is 13.2 Å². The van der Waals surface area contributed by atoms with Crippen molar-refractivity contribution >= 4 is 12.1 Å². The summed E-state index contributed by atoms with van der Waals surface area (Å²) in [7, 11) is 0. The molecule has 1 aliphatic heterocycles. The topological polar surface area (TPSA) is 71.1 Å². The predicted octanol–water partition coefficient (Wildman–Crippen LogP) is 0.692. The summed E-state index contributed by atoms with van der Waals surface area (Å²) >= 11 is 0. The molecule has 0 spiro atoms. The highest BCUT2D eigenvalue weighted by molar-refractivity contribution is 5.71. The molecule has 0 aliphatic carbocycles. The highest BCUT2D eigenvalue weighted by Gasteiger charge is 2.20. The minimum Gasteiger partial charge on any atom is -0.465 e. The van der Waals surface area contributed by atoms with Crippen LogP contribution >= 0.6 is 0 Å². The van der Waals surface area contributed by atoms with Crippen LogP contribution in [0.1, 0.15) is 27.7 Å². The second kappa shape index (κ2) is 8.95. The summed E-state index contributed by atoms with van der Waals surface area (Å²) in [6, 6.07) is 0. The van der Waals surface area contributed by atoms with Gasteiger partial charge in [-0.2, -0.15) is 0 Å². The predicted molar refractivity (Wildman–Crippen MR) is 83.7 cm³/mol. The van der Waals surface area contributed by atoms with E-state index in [2.05, 4.69) is 15.1 Å². The van der Waals surface area contributed by atoms with E-state index in [-0.39, 0.29) is 12.1 Å². The van der Waals surface area contributed by atoms with Crippen molar-refractivity contribution < 1.29 is 19.1 Å². The lowest BCUT2D eigenvalue weighted by Gasteiger charge is -2.34. The Morgan fingerprint density at radius 2 is 1.68 bits per heavy atom. The zero-order valence-corrected chi connectivity index (χ0v) is 14.2. The number of rotatable bonds is 6. The number of alkyl carbamates (subject to hydrolysis) is 1. The maximum atomic E-state index is 11.5. The van der Waals surface area contributed by atoms with E-state index in [1.165, 1.54) is 0 Å². The molecule has 1 saturated heterocycles. The second-order valence-corrected chi connectivity index (χ2v) is 6.35. The SMILES string of the molecule is CCOC(=O)CN1CCN(CCNC(=O)OC(C)(C)C)CC1. The molecule has 0 aromatic rings. The third-order valence-electron chi connectivity index (χ3n) is 3.22. The van der Waals surface area contributed by atoms with Crippen LogP contribution in [0.2, 0.25) is 0 Å². The number of nitrogens with one attached hydrogen (secondary N) is 1. The summed E-state index contributed by atoms with van der Waals surface area (Å²) in [6.07, 6.45) is -0.381. The van der Waals surface area contributed by atoms with Crippen LogP contribution in [-0.4, -0.2) is 79.9 Å². The third-order valence-corrected chi connectivity index (χ3v) is 3.22. The largest absolute Gasteiger partial charge is 0.465 e. The summed E-state index contributed by atoms with van der Waals surface area (Å²) in [4.78, 5) is 27.3. The first-order valence-corrected chi connectivity index (χ1v) is 7.87. The number of nitrogens with zero attached hydrogens (tertiary/aromatic N) is 2. The Morgan fingerprint density at radius 3 is 2.23 bits per heavy atom. The summed E-state index contributed by atoms with van der Waals surface area (Å²) in [5.41, 5.74) is -0.469. The molecule has 1 N–H and O–H groups in total. The minimum absolute atomic E-state index is 0.164. The van der Waals surface area contributed by atoms with Crippen LogP contribution < -0.4 is 5.32 Å². The van der Waals surface area contributed by atoms with Crippen LogP contribution in [0.3, 0.4) is 0 Å². The number of piperazine rings is 1. The Kier molecular flexibility index (Phi) is 7.61. The summed E-state index contributed by atoms with van der Waals surface area (Å²) in [5.74, 6) is -0.164. The lowest BCUT2D eigenvalue weighted by atomic mass is 10.2. The van der Waals surface area contributed by atoms with Crippen molar-refractivity contribution in [3.8, 4) is 0 Å². The van der Waals surface area contributed by atoms with Crippen LogP contribution in [-0.2, 0) is 14.3 Å². The van der Waals surface area contributed by atoms with Gasteiger partial charge in [-0.1, -0.05) is 0 Å². The van der Waals surface area contributed by atoms with Gasteiger partial charge < -0.3 is 14.8 Å². The lowest BCUT2D eigenvalue weighted by Crippen LogP contribution is -2.49. The summed E-state index contributed by atoms with van der Waals surface area (Å²) in [6.45, 7) is 12.9. The third kappa shape index (κ3) is 8.19. The molecule has 0 radical (unpaired) electrons. The van der Waals surface area contributed by atoms with Crippen LogP contribution in [0, 0.1) is 0 Å². The second-order valence-electron chi connectivity index (χ2n) is 6.35. The maximum absolute atomic E-state index is 11.5. The number of ether oxygens (including phenoxy) is 2. The highest BCUT2D eigenvalue weighted by Crippen LogP contribution is 2.06. The monoisotopic (exact) mass is 315 g/mol. The molecule has 7 nitrogen and oxygen atoms in total. The molecule has 0 bridgehead atoms. The lowest BCUT2D eigenvalue weighted by molar-refractivity contribution is -0.144. The number of carbonyl (C=O) groups excluding carboxylic acids is 2. The van der Waals surface area contributed by atoms with Crippen LogP contribution in [0.25, 0.3) is 0 Å². The van der Waals surface area contributed by atoms with E-state index in [1.807, 2.05) is 27.7 Å². The Morgan fingerprint density at radius 1 is 1.09 bits per heavy atom. The van der Waals surface area contributed by atoms with Crippen molar-refractivity contribution in [1.82, 2.24) is 15.1 Å². The quantitative estimate of drug-likeness (QED) is 0.727. The molecule has 0 aromatic heterocycles. The van der Waals surface area contributed by atoms with Crippen molar-refractivity contribution in [3.63, 3.8) is 0 Å². The van der Waals surface area contributed by atoms with E-state index >= 15 is 0 Å². The number of hydrogen-bond donors (Lipinski definition) is 1. The molecule has 0 atom stereocenters. The average Bonchev–Trinajstić information content (AvgIpc) is 2.39. The van der Waals surface area contributed by atoms with Crippen molar-refractivity contribution in [1.29, 1.82) is 0 Å². The van der Waals surface area contributed by atoms with Crippen LogP contribution in [0.5, 0.6) is 0 Å². The van der Waals surface area contributed by atoms with Gasteiger partial charge in [0.1, 0.15) is 5.60 Å². The molecule has 128 valence electrons. The first kappa shape index (κ1) is 18.7. The maximum Gasteiger partial charge on any atom is 0.407 e. The number of carbonyl (C=O) groups is 2. The van der Waals surface area contributed by atoms with E-state index < -0.39 is 5.60 Å². The normalized spacial score (nSPS) is 17.1. The molecule has 7 heteroatoms.